The molecule has 2 N–H and O–H groups in total. The van der Waals surface area contributed by atoms with E-state index in [1.54, 1.807) is 0 Å². The Balaban J connectivity index is 2.29. The van der Waals surface area contributed by atoms with Crippen LogP contribution in [0, 0.1) is 23.4 Å². The number of imidazole rings is 1. The van der Waals surface area contributed by atoms with E-state index in [0.29, 0.717) is 0 Å². The highest BCUT2D eigenvalue weighted by molar-refractivity contribution is 7.59. The second kappa shape index (κ2) is 6.01. The molecule has 0 radical (unpaired) electrons. The van der Waals surface area contributed by atoms with Gasteiger partial charge in [0.25, 0.3) is 0 Å². The predicted molar refractivity (Wildman–Crippen MR) is 83.8 cm³/mol. The Morgan fingerprint density at radius 2 is 1.92 bits per heavy atom. The molecule has 1 aromatic carbocycles. The maximum absolute atomic E-state index is 14.3. The predicted octanol–water partition coefficient (Wildman–Crippen LogP) is 3.17. The lowest BCUT2D eigenvalue weighted by atomic mass is 10.2. The Labute approximate surface area is 140 Å². The number of halogens is 3. The number of hydrogen-bond donors (Lipinski definition) is 2. The first-order valence-electron chi connectivity index (χ1n) is 7.29. The molecule has 3 aromatic rings. The summed E-state index contributed by atoms with van der Waals surface area (Å²) in [5.41, 5.74) is -0.943. The second-order valence-corrected chi connectivity index (χ2v) is 7.50. The summed E-state index contributed by atoms with van der Waals surface area (Å²) in [4.78, 5) is 22.4. The molecule has 0 aliphatic heterocycles. The van der Waals surface area contributed by atoms with Gasteiger partial charge in [-0.1, -0.05) is 13.8 Å². The molecule has 134 valence electrons. The molecule has 0 atom stereocenters. The number of rotatable bonds is 4. The van der Waals surface area contributed by atoms with Gasteiger partial charge in [-0.3, -0.25) is 4.57 Å². The zero-order chi connectivity index (χ0) is 18.5. The van der Waals surface area contributed by atoms with Crippen LogP contribution in [0.2, 0.25) is 0 Å². The fraction of sp³-hybridized carbons (Fsp3) is 0.267. The third kappa shape index (κ3) is 3.10. The summed E-state index contributed by atoms with van der Waals surface area (Å²) < 4.78 is 59.1. The average Bonchev–Trinajstić information content (AvgIpc) is 3.09. The van der Waals surface area contributed by atoms with Crippen LogP contribution in [-0.4, -0.2) is 19.3 Å². The van der Waals surface area contributed by atoms with E-state index in [1.807, 2.05) is 13.8 Å². The van der Waals surface area contributed by atoms with Crippen molar-refractivity contribution in [2.45, 2.75) is 20.4 Å². The van der Waals surface area contributed by atoms with E-state index in [-0.39, 0.29) is 35.1 Å². The van der Waals surface area contributed by atoms with Gasteiger partial charge < -0.3 is 18.8 Å². The fourth-order valence-corrected chi connectivity index (χ4v) is 3.02. The minimum Gasteiger partial charge on any atom is -0.445 e. The van der Waals surface area contributed by atoms with Crippen LogP contribution in [0.1, 0.15) is 13.8 Å². The summed E-state index contributed by atoms with van der Waals surface area (Å²) in [6.07, 6.45) is 0. The summed E-state index contributed by atoms with van der Waals surface area (Å²) in [6.45, 7) is 3.87. The van der Waals surface area contributed by atoms with Gasteiger partial charge in [0.15, 0.2) is 29.0 Å². The standard InChI is InChI=1S/C15H14F3N2O4P/c1-7(2)6-20-14-9(5-8(16)12(17)13(14)18)19-15(20)10-3-4-11(24-10)25(21,22)23/h3-5,7H,6H2,1-2H3,(H2,21,22,23). The van der Waals surface area contributed by atoms with E-state index in [9.17, 15) is 17.7 Å². The molecule has 3 rings (SSSR count). The van der Waals surface area contributed by atoms with Crippen molar-refractivity contribution in [3.8, 4) is 11.6 Å². The number of benzene rings is 1. The molecule has 0 spiro atoms. The third-order valence-electron chi connectivity index (χ3n) is 3.52. The van der Waals surface area contributed by atoms with Crippen LogP contribution in [-0.2, 0) is 11.1 Å². The van der Waals surface area contributed by atoms with Crippen LogP contribution >= 0.6 is 7.60 Å². The maximum atomic E-state index is 14.3. The molecule has 2 heterocycles. The lowest BCUT2D eigenvalue weighted by Gasteiger charge is -2.11. The molecular formula is C15H14F3N2O4P. The van der Waals surface area contributed by atoms with E-state index in [4.69, 9.17) is 14.2 Å². The Kier molecular flexibility index (Phi) is 4.26. The number of hydrogen-bond acceptors (Lipinski definition) is 3. The molecule has 0 saturated heterocycles. The van der Waals surface area contributed by atoms with Gasteiger partial charge in [0, 0.05) is 12.6 Å². The van der Waals surface area contributed by atoms with Crippen molar-refractivity contribution in [1.29, 1.82) is 0 Å². The Bertz CT molecular complexity index is 1010. The Morgan fingerprint density at radius 1 is 1.24 bits per heavy atom. The maximum Gasteiger partial charge on any atom is 0.391 e. The minimum atomic E-state index is -4.62. The van der Waals surface area contributed by atoms with E-state index < -0.39 is 30.5 Å². The smallest absolute Gasteiger partial charge is 0.391 e. The molecular weight excluding hydrogens is 360 g/mol. The molecule has 0 fully saturated rings. The van der Waals surface area contributed by atoms with Gasteiger partial charge in [0.1, 0.15) is 5.52 Å². The molecule has 0 bridgehead atoms. The van der Waals surface area contributed by atoms with Gasteiger partial charge in [-0.2, -0.15) is 0 Å². The number of nitrogens with zero attached hydrogens (tertiary/aromatic N) is 2. The van der Waals surface area contributed by atoms with Gasteiger partial charge in [-0.05, 0) is 18.1 Å². The summed E-state index contributed by atoms with van der Waals surface area (Å²) in [6, 6.07) is 3.10. The van der Waals surface area contributed by atoms with Gasteiger partial charge in [-0.25, -0.2) is 18.2 Å². The van der Waals surface area contributed by atoms with E-state index in [1.165, 1.54) is 10.6 Å². The average molecular weight is 374 g/mol. The zero-order valence-electron chi connectivity index (χ0n) is 13.2. The monoisotopic (exact) mass is 374 g/mol. The van der Waals surface area contributed by atoms with Crippen molar-refractivity contribution >= 4 is 24.1 Å². The second-order valence-electron chi connectivity index (χ2n) is 5.98. The Hall–Kier alpha value is -2.09. The molecule has 0 aliphatic carbocycles. The van der Waals surface area contributed by atoms with Crippen molar-refractivity contribution in [3.63, 3.8) is 0 Å². The van der Waals surface area contributed by atoms with E-state index >= 15 is 0 Å². The Morgan fingerprint density at radius 3 is 2.48 bits per heavy atom. The molecule has 25 heavy (non-hydrogen) atoms. The first-order chi connectivity index (χ1) is 11.6. The number of aromatic nitrogens is 2. The largest absolute Gasteiger partial charge is 0.445 e. The minimum absolute atomic E-state index is 0.000111. The highest BCUT2D eigenvalue weighted by Gasteiger charge is 2.26. The summed E-state index contributed by atoms with van der Waals surface area (Å²) in [7, 11) is -4.62. The lowest BCUT2D eigenvalue weighted by molar-refractivity contribution is 0.377. The fourth-order valence-electron chi connectivity index (χ4n) is 2.53. The van der Waals surface area contributed by atoms with Crippen LogP contribution < -0.4 is 5.50 Å². The number of furan rings is 1. The van der Waals surface area contributed by atoms with Crippen LogP contribution in [0.5, 0.6) is 0 Å². The van der Waals surface area contributed by atoms with Gasteiger partial charge in [0.2, 0.25) is 5.50 Å². The van der Waals surface area contributed by atoms with Crippen molar-refractivity contribution in [2.75, 3.05) is 0 Å². The SMILES string of the molecule is CC(C)Cn1c(-c2ccc(P(=O)(O)O)o2)nc2cc(F)c(F)c(F)c21. The highest BCUT2D eigenvalue weighted by Crippen LogP contribution is 2.36. The first kappa shape index (κ1) is 17.7. The first-order valence-corrected chi connectivity index (χ1v) is 8.91. The van der Waals surface area contributed by atoms with E-state index in [2.05, 4.69) is 4.98 Å². The summed E-state index contributed by atoms with van der Waals surface area (Å²) in [5, 5.41) is 0. The van der Waals surface area contributed by atoms with Crippen molar-refractivity contribution in [2.24, 2.45) is 5.92 Å². The quantitative estimate of drug-likeness (QED) is 0.541. The van der Waals surface area contributed by atoms with Crippen LogP contribution in [0.4, 0.5) is 13.2 Å². The third-order valence-corrected chi connectivity index (χ3v) is 4.33. The molecule has 0 amide bonds. The normalized spacial score (nSPS) is 12.5. The molecule has 0 saturated carbocycles. The molecule has 2 aromatic heterocycles. The molecule has 10 heteroatoms. The zero-order valence-corrected chi connectivity index (χ0v) is 14.1. The van der Waals surface area contributed by atoms with Crippen molar-refractivity contribution in [3.05, 3.63) is 35.7 Å². The van der Waals surface area contributed by atoms with Crippen LogP contribution in [0.3, 0.4) is 0 Å². The lowest BCUT2D eigenvalue weighted by Crippen LogP contribution is -2.08. The molecule has 0 unspecified atom stereocenters. The van der Waals surface area contributed by atoms with Crippen LogP contribution in [0.15, 0.2) is 22.6 Å². The van der Waals surface area contributed by atoms with Gasteiger partial charge in [-0.15, -0.1) is 0 Å². The number of fused-ring (bicyclic) bond motifs is 1. The van der Waals surface area contributed by atoms with E-state index in [0.717, 1.165) is 12.1 Å². The topological polar surface area (TPSA) is 88.5 Å². The van der Waals surface area contributed by atoms with Gasteiger partial charge in [0.05, 0.1) is 5.52 Å². The van der Waals surface area contributed by atoms with Crippen LogP contribution in [0.25, 0.3) is 22.6 Å². The van der Waals surface area contributed by atoms with Crippen molar-refractivity contribution in [1.82, 2.24) is 9.55 Å². The summed E-state index contributed by atoms with van der Waals surface area (Å²) in [5.74, 6) is -4.39. The van der Waals surface area contributed by atoms with Gasteiger partial charge >= 0.3 is 7.60 Å². The highest BCUT2D eigenvalue weighted by atomic mass is 31.2. The summed E-state index contributed by atoms with van der Waals surface area (Å²) >= 11 is 0. The van der Waals surface area contributed by atoms with Crippen molar-refractivity contribution < 1.29 is 31.9 Å². The molecule has 0 aliphatic rings. The molecule has 6 nitrogen and oxygen atoms in total.